The Hall–Kier alpha value is -1.30. The number of hydrogen-bond acceptors (Lipinski definition) is 4. The molecule has 0 rings (SSSR count). The standard InChI is InChI=1S/C19H39N3O3/c1-6-8-12-22(13-9-7-2)14-10-11-20-19(24)21-17(15-16(3)4)18(23)25-5/h16-17H,6-15H2,1-5H3,(H2,20,21,24). The Kier molecular flexibility index (Phi) is 14.2. The summed E-state index contributed by atoms with van der Waals surface area (Å²) >= 11 is 0. The van der Waals surface area contributed by atoms with Crippen molar-refractivity contribution in [3.8, 4) is 0 Å². The van der Waals surface area contributed by atoms with Crippen molar-refractivity contribution in [1.29, 1.82) is 0 Å². The first kappa shape index (κ1) is 23.7. The van der Waals surface area contributed by atoms with Crippen molar-refractivity contribution in [2.45, 2.75) is 72.3 Å². The van der Waals surface area contributed by atoms with Gasteiger partial charge in [0.05, 0.1) is 7.11 Å². The van der Waals surface area contributed by atoms with Crippen molar-refractivity contribution in [2.75, 3.05) is 33.3 Å². The lowest BCUT2D eigenvalue weighted by molar-refractivity contribution is -0.143. The fourth-order valence-electron chi connectivity index (χ4n) is 2.64. The quantitative estimate of drug-likeness (QED) is 0.370. The van der Waals surface area contributed by atoms with Crippen molar-refractivity contribution in [3.05, 3.63) is 0 Å². The summed E-state index contributed by atoms with van der Waals surface area (Å²) in [6, 6.07) is -0.889. The van der Waals surface area contributed by atoms with Crippen LogP contribution in [-0.4, -0.2) is 56.2 Å². The van der Waals surface area contributed by atoms with Crippen LogP contribution in [0, 0.1) is 5.92 Å². The van der Waals surface area contributed by atoms with Gasteiger partial charge < -0.3 is 20.3 Å². The highest BCUT2D eigenvalue weighted by Crippen LogP contribution is 2.06. The molecule has 0 heterocycles. The molecule has 2 amide bonds. The Morgan fingerprint density at radius 1 is 1.00 bits per heavy atom. The van der Waals surface area contributed by atoms with E-state index in [2.05, 4.69) is 29.4 Å². The molecule has 0 radical (unpaired) electrons. The van der Waals surface area contributed by atoms with Crippen LogP contribution < -0.4 is 10.6 Å². The van der Waals surface area contributed by atoms with E-state index in [0.717, 1.165) is 26.1 Å². The average Bonchev–Trinajstić information content (AvgIpc) is 2.58. The minimum atomic E-state index is -0.587. The highest BCUT2D eigenvalue weighted by atomic mass is 16.5. The maximum absolute atomic E-state index is 12.0. The summed E-state index contributed by atoms with van der Waals surface area (Å²) in [5, 5.41) is 5.57. The number of nitrogens with zero attached hydrogens (tertiary/aromatic N) is 1. The number of carbonyl (C=O) groups is 2. The lowest BCUT2D eigenvalue weighted by atomic mass is 10.0. The van der Waals surface area contributed by atoms with Gasteiger partial charge in [0, 0.05) is 6.54 Å². The first-order valence-electron chi connectivity index (χ1n) is 9.79. The van der Waals surface area contributed by atoms with Gasteiger partial charge in [-0.1, -0.05) is 40.5 Å². The fraction of sp³-hybridized carbons (Fsp3) is 0.895. The van der Waals surface area contributed by atoms with Gasteiger partial charge in [0.2, 0.25) is 0 Å². The molecular formula is C19H39N3O3. The maximum atomic E-state index is 12.0. The topological polar surface area (TPSA) is 70.7 Å². The van der Waals surface area contributed by atoms with E-state index in [-0.39, 0.29) is 6.03 Å². The molecule has 148 valence electrons. The second-order valence-corrected chi connectivity index (χ2v) is 7.01. The van der Waals surface area contributed by atoms with Crippen molar-refractivity contribution in [2.24, 2.45) is 5.92 Å². The zero-order valence-electron chi connectivity index (χ0n) is 16.9. The number of amides is 2. The summed E-state index contributed by atoms with van der Waals surface area (Å²) < 4.78 is 4.76. The third-order valence-electron chi connectivity index (χ3n) is 4.09. The molecule has 0 aromatic carbocycles. The van der Waals surface area contributed by atoms with Crippen LogP contribution in [0.15, 0.2) is 0 Å². The first-order valence-corrected chi connectivity index (χ1v) is 9.79. The number of rotatable bonds is 14. The molecule has 25 heavy (non-hydrogen) atoms. The molecule has 1 atom stereocenters. The third-order valence-corrected chi connectivity index (χ3v) is 4.09. The molecule has 1 unspecified atom stereocenters. The van der Waals surface area contributed by atoms with Crippen LogP contribution in [0.2, 0.25) is 0 Å². The molecule has 0 saturated carbocycles. The summed E-state index contributed by atoms with van der Waals surface area (Å²) in [4.78, 5) is 26.2. The predicted octanol–water partition coefficient (Wildman–Crippen LogP) is 3.17. The summed E-state index contributed by atoms with van der Waals surface area (Å²) in [5.41, 5.74) is 0. The van der Waals surface area contributed by atoms with Gasteiger partial charge in [-0.25, -0.2) is 9.59 Å². The van der Waals surface area contributed by atoms with Gasteiger partial charge in [-0.15, -0.1) is 0 Å². The normalized spacial score (nSPS) is 12.3. The van der Waals surface area contributed by atoms with Crippen LogP contribution in [0.3, 0.4) is 0 Å². The van der Waals surface area contributed by atoms with E-state index < -0.39 is 12.0 Å². The van der Waals surface area contributed by atoms with Crippen LogP contribution in [-0.2, 0) is 9.53 Å². The molecule has 0 aliphatic carbocycles. The van der Waals surface area contributed by atoms with Gasteiger partial charge in [0.15, 0.2) is 0 Å². The van der Waals surface area contributed by atoms with Crippen LogP contribution in [0.4, 0.5) is 4.79 Å². The molecule has 6 heteroatoms. The molecule has 0 bridgehead atoms. The van der Waals surface area contributed by atoms with E-state index in [1.54, 1.807) is 0 Å². The molecule has 0 aromatic rings. The Balaban J connectivity index is 4.14. The van der Waals surface area contributed by atoms with Crippen molar-refractivity contribution < 1.29 is 14.3 Å². The number of methoxy groups -OCH3 is 1. The molecule has 0 aliphatic rings. The highest BCUT2D eigenvalue weighted by Gasteiger charge is 2.22. The molecule has 0 aliphatic heterocycles. The summed E-state index contributed by atoms with van der Waals surface area (Å²) in [7, 11) is 1.34. The van der Waals surface area contributed by atoms with Gasteiger partial charge in [-0.05, 0) is 51.2 Å². The molecular weight excluding hydrogens is 318 g/mol. The number of nitrogens with one attached hydrogen (secondary N) is 2. The summed E-state index contributed by atoms with van der Waals surface area (Å²) in [6.45, 7) is 12.3. The van der Waals surface area contributed by atoms with Crippen molar-refractivity contribution >= 4 is 12.0 Å². The van der Waals surface area contributed by atoms with E-state index in [1.807, 2.05) is 13.8 Å². The minimum absolute atomic E-state index is 0.301. The smallest absolute Gasteiger partial charge is 0.328 e. The summed E-state index contributed by atoms with van der Waals surface area (Å²) in [5.74, 6) is -0.0933. The Morgan fingerprint density at radius 2 is 1.56 bits per heavy atom. The lowest BCUT2D eigenvalue weighted by Crippen LogP contribution is -2.47. The Bertz CT molecular complexity index is 354. The van der Waals surface area contributed by atoms with E-state index in [0.29, 0.717) is 18.9 Å². The highest BCUT2D eigenvalue weighted by molar-refractivity contribution is 5.83. The fourth-order valence-corrected chi connectivity index (χ4v) is 2.64. The molecule has 0 saturated heterocycles. The largest absolute Gasteiger partial charge is 0.467 e. The predicted molar refractivity (Wildman–Crippen MR) is 103 cm³/mol. The molecule has 2 N–H and O–H groups in total. The van der Waals surface area contributed by atoms with Crippen LogP contribution >= 0.6 is 0 Å². The van der Waals surface area contributed by atoms with Gasteiger partial charge in [0.1, 0.15) is 6.04 Å². The second kappa shape index (κ2) is 15.0. The van der Waals surface area contributed by atoms with Gasteiger partial charge in [-0.3, -0.25) is 0 Å². The van der Waals surface area contributed by atoms with E-state index in [1.165, 1.54) is 32.8 Å². The Morgan fingerprint density at radius 3 is 2.04 bits per heavy atom. The summed E-state index contributed by atoms with van der Waals surface area (Å²) in [6.07, 6.45) is 6.32. The number of hydrogen-bond donors (Lipinski definition) is 2. The van der Waals surface area contributed by atoms with E-state index >= 15 is 0 Å². The molecule has 0 aromatic heterocycles. The second-order valence-electron chi connectivity index (χ2n) is 7.01. The molecule has 6 nitrogen and oxygen atoms in total. The first-order chi connectivity index (χ1) is 11.9. The van der Waals surface area contributed by atoms with Crippen LogP contribution in [0.25, 0.3) is 0 Å². The SMILES string of the molecule is CCCCN(CCCC)CCCNC(=O)NC(CC(C)C)C(=O)OC. The molecule has 0 fully saturated rings. The number of ether oxygens (including phenoxy) is 1. The monoisotopic (exact) mass is 357 g/mol. The van der Waals surface area contributed by atoms with E-state index in [4.69, 9.17) is 4.74 Å². The van der Waals surface area contributed by atoms with Crippen LogP contribution in [0.5, 0.6) is 0 Å². The van der Waals surface area contributed by atoms with Crippen LogP contribution in [0.1, 0.15) is 66.2 Å². The van der Waals surface area contributed by atoms with Crippen molar-refractivity contribution in [1.82, 2.24) is 15.5 Å². The Labute approximate surface area is 154 Å². The van der Waals surface area contributed by atoms with Gasteiger partial charge >= 0.3 is 12.0 Å². The number of unbranched alkanes of at least 4 members (excludes halogenated alkanes) is 2. The number of carbonyl (C=O) groups excluding carboxylic acids is 2. The number of urea groups is 1. The van der Waals surface area contributed by atoms with E-state index in [9.17, 15) is 9.59 Å². The van der Waals surface area contributed by atoms with Crippen molar-refractivity contribution in [3.63, 3.8) is 0 Å². The average molecular weight is 358 g/mol. The van der Waals surface area contributed by atoms with Gasteiger partial charge in [-0.2, -0.15) is 0 Å². The zero-order valence-corrected chi connectivity index (χ0v) is 16.9. The zero-order chi connectivity index (χ0) is 19.1. The minimum Gasteiger partial charge on any atom is -0.467 e. The van der Waals surface area contributed by atoms with Gasteiger partial charge in [0.25, 0.3) is 0 Å². The molecule has 0 spiro atoms. The maximum Gasteiger partial charge on any atom is 0.328 e. The lowest BCUT2D eigenvalue weighted by Gasteiger charge is -2.22. The number of esters is 1. The third kappa shape index (κ3) is 12.7.